The number of amides is 1. The van der Waals surface area contributed by atoms with Gasteiger partial charge in [-0.25, -0.2) is 4.79 Å². The number of esters is 1. The summed E-state index contributed by atoms with van der Waals surface area (Å²) in [5.41, 5.74) is 0.369. The monoisotopic (exact) mass is 415 g/mol. The van der Waals surface area contributed by atoms with Crippen molar-refractivity contribution in [2.24, 2.45) is 0 Å². The summed E-state index contributed by atoms with van der Waals surface area (Å²) in [4.78, 5) is 25.8. The van der Waals surface area contributed by atoms with Crippen molar-refractivity contribution in [3.05, 3.63) is 33.5 Å². The number of hydrogen-bond acceptors (Lipinski definition) is 5. The van der Waals surface area contributed by atoms with Gasteiger partial charge >= 0.3 is 12.1 Å². The maximum absolute atomic E-state index is 13.1. The first kappa shape index (κ1) is 20.4. The number of thiophene rings is 1. The zero-order valence-corrected chi connectivity index (χ0v) is 16.3. The van der Waals surface area contributed by atoms with Gasteiger partial charge in [-0.15, -0.1) is 11.3 Å². The predicted octanol–water partition coefficient (Wildman–Crippen LogP) is 3.97. The number of hydrogen-bond donors (Lipinski definition) is 1. The molecule has 10 heteroatoms. The average Bonchev–Trinajstić information content (AvgIpc) is 3.14. The number of nitrogens with one attached hydrogen (secondary N) is 1. The maximum atomic E-state index is 13.1. The van der Waals surface area contributed by atoms with Crippen molar-refractivity contribution in [2.45, 2.75) is 52.3 Å². The third kappa shape index (κ3) is 4.21. The maximum Gasteiger partial charge on any atom is 0.433 e. The Morgan fingerprint density at radius 2 is 2.04 bits per heavy atom. The molecule has 3 rings (SSSR count). The van der Waals surface area contributed by atoms with Crippen LogP contribution in [0.5, 0.6) is 0 Å². The SMILES string of the molecule is CCOC(=O)c1c(NC(=O)Cn2nc(C)cc2C(F)(F)F)sc2c1CCCC2. The Morgan fingerprint density at radius 1 is 1.32 bits per heavy atom. The van der Waals surface area contributed by atoms with E-state index >= 15 is 0 Å². The highest BCUT2D eigenvalue weighted by atomic mass is 32.1. The number of halogens is 3. The summed E-state index contributed by atoms with van der Waals surface area (Å²) < 4.78 is 45.0. The quantitative estimate of drug-likeness (QED) is 0.750. The zero-order chi connectivity index (χ0) is 20.5. The standard InChI is InChI=1S/C18H20F3N3O3S/c1-3-27-17(26)15-11-6-4-5-7-12(11)28-16(15)22-14(25)9-24-13(18(19,20)21)8-10(2)23-24/h8H,3-7,9H2,1-2H3,(H,22,25). The smallest absolute Gasteiger partial charge is 0.433 e. The Kier molecular flexibility index (Phi) is 5.78. The van der Waals surface area contributed by atoms with Crippen LogP contribution < -0.4 is 5.32 Å². The fourth-order valence-corrected chi connectivity index (χ4v) is 4.56. The van der Waals surface area contributed by atoms with Crippen LogP contribution in [-0.2, 0) is 35.1 Å². The molecule has 0 saturated carbocycles. The van der Waals surface area contributed by atoms with Crippen molar-refractivity contribution < 1.29 is 27.5 Å². The molecule has 0 unspecified atom stereocenters. The topological polar surface area (TPSA) is 73.2 Å². The van der Waals surface area contributed by atoms with Crippen LogP contribution in [0.25, 0.3) is 0 Å². The van der Waals surface area contributed by atoms with E-state index in [4.69, 9.17) is 4.74 Å². The highest BCUT2D eigenvalue weighted by Crippen LogP contribution is 2.38. The fraction of sp³-hybridized carbons (Fsp3) is 0.500. The molecule has 0 fully saturated rings. The summed E-state index contributed by atoms with van der Waals surface area (Å²) in [6, 6.07) is 0.890. The van der Waals surface area contributed by atoms with Crippen LogP contribution in [-0.4, -0.2) is 28.3 Å². The van der Waals surface area contributed by atoms with Crippen molar-refractivity contribution >= 4 is 28.2 Å². The van der Waals surface area contributed by atoms with E-state index in [0.717, 1.165) is 35.8 Å². The molecule has 0 saturated heterocycles. The molecule has 1 amide bonds. The number of aromatic nitrogens is 2. The predicted molar refractivity (Wildman–Crippen MR) is 97.5 cm³/mol. The van der Waals surface area contributed by atoms with Crippen molar-refractivity contribution in [3.8, 4) is 0 Å². The van der Waals surface area contributed by atoms with Gasteiger partial charge in [0.25, 0.3) is 0 Å². The fourth-order valence-electron chi connectivity index (χ4n) is 3.27. The number of fused-ring (bicyclic) bond motifs is 1. The van der Waals surface area contributed by atoms with E-state index in [1.165, 1.54) is 18.3 Å². The lowest BCUT2D eigenvalue weighted by Crippen LogP contribution is -2.24. The summed E-state index contributed by atoms with van der Waals surface area (Å²) in [7, 11) is 0. The lowest BCUT2D eigenvalue weighted by molar-refractivity contribution is -0.144. The van der Waals surface area contributed by atoms with Gasteiger partial charge in [-0.3, -0.25) is 9.48 Å². The van der Waals surface area contributed by atoms with Crippen molar-refractivity contribution in [1.82, 2.24) is 9.78 Å². The van der Waals surface area contributed by atoms with Crippen molar-refractivity contribution in [2.75, 3.05) is 11.9 Å². The number of aryl methyl sites for hydroxylation is 2. The largest absolute Gasteiger partial charge is 0.462 e. The number of ether oxygens (including phenoxy) is 1. The molecule has 6 nitrogen and oxygen atoms in total. The number of nitrogens with zero attached hydrogens (tertiary/aromatic N) is 2. The Balaban J connectivity index is 1.85. The van der Waals surface area contributed by atoms with Gasteiger partial charge in [-0.1, -0.05) is 0 Å². The van der Waals surface area contributed by atoms with Gasteiger partial charge in [0, 0.05) is 4.88 Å². The molecule has 1 aliphatic carbocycles. The molecule has 2 aromatic heterocycles. The highest BCUT2D eigenvalue weighted by molar-refractivity contribution is 7.17. The van der Waals surface area contributed by atoms with Crippen LogP contribution in [0.15, 0.2) is 6.07 Å². The third-order valence-corrected chi connectivity index (χ3v) is 5.60. The van der Waals surface area contributed by atoms with Crippen LogP contribution >= 0.6 is 11.3 Å². The van der Waals surface area contributed by atoms with Crippen LogP contribution in [0.4, 0.5) is 18.2 Å². The van der Waals surface area contributed by atoms with E-state index in [2.05, 4.69) is 10.4 Å². The minimum atomic E-state index is -4.61. The van der Waals surface area contributed by atoms with Gasteiger partial charge in [0.05, 0.1) is 17.9 Å². The average molecular weight is 415 g/mol. The molecule has 0 radical (unpaired) electrons. The molecule has 0 aromatic carbocycles. The second-order valence-electron chi connectivity index (χ2n) is 6.51. The molecule has 1 N–H and O–H groups in total. The van der Waals surface area contributed by atoms with Crippen molar-refractivity contribution in [1.29, 1.82) is 0 Å². The summed E-state index contributed by atoms with van der Waals surface area (Å²) in [5, 5.41) is 6.68. The lowest BCUT2D eigenvalue weighted by Gasteiger charge is -2.12. The van der Waals surface area contributed by atoms with E-state index in [1.807, 2.05) is 0 Å². The number of anilines is 1. The van der Waals surface area contributed by atoms with E-state index < -0.39 is 30.3 Å². The van der Waals surface area contributed by atoms with Gasteiger partial charge in [0.1, 0.15) is 17.2 Å². The number of rotatable bonds is 5. The van der Waals surface area contributed by atoms with Crippen LogP contribution in [0.3, 0.4) is 0 Å². The molecule has 0 spiro atoms. The molecule has 0 bridgehead atoms. The molecule has 2 aromatic rings. The van der Waals surface area contributed by atoms with Gasteiger partial charge in [-0.2, -0.15) is 18.3 Å². The van der Waals surface area contributed by atoms with Crippen LogP contribution in [0.2, 0.25) is 0 Å². The minimum absolute atomic E-state index is 0.166. The minimum Gasteiger partial charge on any atom is -0.462 e. The Labute approximate surface area is 163 Å². The molecule has 28 heavy (non-hydrogen) atoms. The van der Waals surface area contributed by atoms with Gasteiger partial charge in [-0.05, 0) is 51.2 Å². The molecular formula is C18H20F3N3O3S. The van der Waals surface area contributed by atoms with E-state index in [9.17, 15) is 22.8 Å². The van der Waals surface area contributed by atoms with E-state index in [1.54, 1.807) is 6.92 Å². The molecule has 1 aliphatic rings. The molecule has 2 heterocycles. The number of carbonyl (C=O) groups excluding carboxylic acids is 2. The summed E-state index contributed by atoms with van der Waals surface area (Å²) in [6.07, 6.45) is -1.17. The van der Waals surface area contributed by atoms with Gasteiger partial charge in [0.15, 0.2) is 0 Å². The zero-order valence-electron chi connectivity index (χ0n) is 15.5. The van der Waals surface area contributed by atoms with E-state index in [-0.39, 0.29) is 12.3 Å². The number of alkyl halides is 3. The Bertz CT molecular complexity index is 902. The first-order valence-corrected chi connectivity index (χ1v) is 9.75. The molecular weight excluding hydrogens is 395 g/mol. The first-order valence-electron chi connectivity index (χ1n) is 8.93. The van der Waals surface area contributed by atoms with Crippen LogP contribution in [0, 0.1) is 6.92 Å². The normalized spacial score (nSPS) is 13.9. The van der Waals surface area contributed by atoms with Crippen molar-refractivity contribution in [3.63, 3.8) is 0 Å². The Hall–Kier alpha value is -2.36. The highest BCUT2D eigenvalue weighted by Gasteiger charge is 2.36. The summed E-state index contributed by atoms with van der Waals surface area (Å²) in [6.45, 7) is 2.70. The van der Waals surface area contributed by atoms with E-state index in [0.29, 0.717) is 21.7 Å². The first-order chi connectivity index (χ1) is 13.2. The summed E-state index contributed by atoms with van der Waals surface area (Å²) in [5.74, 6) is -1.21. The van der Waals surface area contributed by atoms with Crippen LogP contribution in [0.1, 0.15) is 52.0 Å². The molecule has 152 valence electrons. The molecule has 0 aliphatic heterocycles. The Morgan fingerprint density at radius 3 is 2.71 bits per heavy atom. The second-order valence-corrected chi connectivity index (χ2v) is 7.62. The second kappa shape index (κ2) is 7.94. The summed E-state index contributed by atoms with van der Waals surface area (Å²) >= 11 is 1.29. The lowest BCUT2D eigenvalue weighted by atomic mass is 9.95. The molecule has 0 atom stereocenters. The third-order valence-electron chi connectivity index (χ3n) is 4.39. The van der Waals surface area contributed by atoms with Gasteiger partial charge < -0.3 is 10.1 Å². The number of carbonyl (C=O) groups is 2. The van der Waals surface area contributed by atoms with Gasteiger partial charge in [0.2, 0.25) is 5.91 Å².